The minimum atomic E-state index is -0.0652. The number of fused-ring (bicyclic) bond motifs is 1. The van der Waals surface area contributed by atoms with Crippen molar-refractivity contribution in [2.75, 3.05) is 0 Å². The number of hydrogen-bond donors (Lipinski definition) is 1. The maximum absolute atomic E-state index is 5.86. The van der Waals surface area contributed by atoms with Crippen molar-refractivity contribution in [2.45, 2.75) is 26.8 Å². The molecular formula is C12H14BrNO. The maximum atomic E-state index is 5.86. The molecule has 1 unspecified atom stereocenters. The Balaban J connectivity index is 2.82. The van der Waals surface area contributed by atoms with Gasteiger partial charge in [-0.2, -0.15) is 0 Å². The molecule has 1 aromatic carbocycles. The zero-order chi connectivity index (χ0) is 11.2. The van der Waals surface area contributed by atoms with E-state index < -0.39 is 0 Å². The summed E-state index contributed by atoms with van der Waals surface area (Å²) >= 11 is 3.51. The van der Waals surface area contributed by atoms with Crippen molar-refractivity contribution in [1.82, 2.24) is 0 Å². The van der Waals surface area contributed by atoms with Gasteiger partial charge in [0.2, 0.25) is 0 Å². The van der Waals surface area contributed by atoms with E-state index in [1.807, 2.05) is 6.92 Å². The van der Waals surface area contributed by atoms with Crippen LogP contribution in [-0.4, -0.2) is 0 Å². The summed E-state index contributed by atoms with van der Waals surface area (Å²) in [6, 6.07) is 4.12. The molecule has 0 amide bonds. The fourth-order valence-corrected chi connectivity index (χ4v) is 2.52. The summed E-state index contributed by atoms with van der Waals surface area (Å²) < 4.78 is 6.77. The largest absolute Gasteiger partial charge is 0.458 e. The molecule has 0 fully saturated rings. The van der Waals surface area contributed by atoms with Crippen molar-refractivity contribution in [3.8, 4) is 0 Å². The van der Waals surface area contributed by atoms with Gasteiger partial charge in [0.15, 0.2) is 0 Å². The first-order valence-corrected chi connectivity index (χ1v) is 5.74. The van der Waals surface area contributed by atoms with Crippen LogP contribution in [0.3, 0.4) is 0 Å². The molecule has 0 bridgehead atoms. The molecule has 2 nitrogen and oxygen atoms in total. The number of furan rings is 1. The molecular weight excluding hydrogens is 254 g/mol. The van der Waals surface area contributed by atoms with Crippen LogP contribution in [0.25, 0.3) is 11.0 Å². The van der Waals surface area contributed by atoms with E-state index in [1.165, 1.54) is 5.56 Å². The predicted molar refractivity (Wildman–Crippen MR) is 66.0 cm³/mol. The minimum absolute atomic E-state index is 0.0652. The van der Waals surface area contributed by atoms with Crippen LogP contribution < -0.4 is 5.73 Å². The lowest BCUT2D eigenvalue weighted by Crippen LogP contribution is -2.04. The highest BCUT2D eigenvalue weighted by atomic mass is 79.9. The van der Waals surface area contributed by atoms with Crippen molar-refractivity contribution in [1.29, 1.82) is 0 Å². The number of nitrogens with two attached hydrogens (primary N) is 1. The second-order valence-electron chi connectivity index (χ2n) is 4.00. The van der Waals surface area contributed by atoms with Crippen LogP contribution in [0.5, 0.6) is 0 Å². The van der Waals surface area contributed by atoms with E-state index in [9.17, 15) is 0 Å². The predicted octanol–water partition coefficient (Wildman–Crippen LogP) is 3.83. The van der Waals surface area contributed by atoms with Crippen LogP contribution in [-0.2, 0) is 0 Å². The van der Waals surface area contributed by atoms with E-state index in [-0.39, 0.29) is 6.04 Å². The van der Waals surface area contributed by atoms with Gasteiger partial charge in [-0.05, 0) is 54.4 Å². The number of hydrogen-bond acceptors (Lipinski definition) is 2. The molecule has 0 radical (unpaired) electrons. The van der Waals surface area contributed by atoms with Gasteiger partial charge >= 0.3 is 0 Å². The van der Waals surface area contributed by atoms with E-state index in [1.54, 1.807) is 0 Å². The van der Waals surface area contributed by atoms with Crippen molar-refractivity contribution in [3.63, 3.8) is 0 Å². The monoisotopic (exact) mass is 267 g/mol. The maximum Gasteiger partial charge on any atom is 0.148 e. The molecule has 0 spiro atoms. The summed E-state index contributed by atoms with van der Waals surface area (Å²) in [5.74, 6) is 0.872. The summed E-state index contributed by atoms with van der Waals surface area (Å²) in [7, 11) is 0. The van der Waals surface area contributed by atoms with Crippen molar-refractivity contribution in [2.24, 2.45) is 5.73 Å². The molecule has 80 valence electrons. The Morgan fingerprint density at radius 2 is 2.00 bits per heavy atom. The van der Waals surface area contributed by atoms with Gasteiger partial charge in [-0.25, -0.2) is 0 Å². The lowest BCUT2D eigenvalue weighted by Gasteiger charge is -2.00. The quantitative estimate of drug-likeness (QED) is 0.853. The highest BCUT2D eigenvalue weighted by molar-refractivity contribution is 9.10. The molecule has 1 heterocycles. The summed E-state index contributed by atoms with van der Waals surface area (Å²) in [6.07, 6.45) is 0. The number of halogens is 1. The normalized spacial score (nSPS) is 13.4. The van der Waals surface area contributed by atoms with Crippen LogP contribution >= 0.6 is 15.9 Å². The third-order valence-electron chi connectivity index (χ3n) is 2.59. The molecule has 0 aliphatic rings. The second kappa shape index (κ2) is 3.65. The van der Waals surface area contributed by atoms with E-state index in [0.717, 1.165) is 26.8 Å². The zero-order valence-electron chi connectivity index (χ0n) is 9.10. The molecule has 0 saturated heterocycles. The van der Waals surface area contributed by atoms with Crippen LogP contribution in [0.15, 0.2) is 21.0 Å². The average Bonchev–Trinajstić information content (AvgIpc) is 2.44. The van der Waals surface area contributed by atoms with Gasteiger partial charge in [0.1, 0.15) is 11.3 Å². The first-order chi connectivity index (χ1) is 7.00. The minimum Gasteiger partial charge on any atom is -0.458 e. The van der Waals surface area contributed by atoms with Gasteiger partial charge in [0.05, 0.1) is 10.5 Å². The lowest BCUT2D eigenvalue weighted by atomic mass is 10.1. The van der Waals surface area contributed by atoms with E-state index >= 15 is 0 Å². The highest BCUT2D eigenvalue weighted by Crippen LogP contribution is 2.34. The summed E-state index contributed by atoms with van der Waals surface area (Å²) in [5.41, 5.74) is 9.11. The standard InChI is InChI=1S/C12H14BrNO/c1-6-4-9-7(2)11(8(3)14)15-12(9)10(13)5-6/h4-5,8H,14H2,1-3H3. The summed E-state index contributed by atoms with van der Waals surface area (Å²) in [5, 5.41) is 1.15. The fourth-order valence-electron chi connectivity index (χ4n) is 1.86. The summed E-state index contributed by atoms with van der Waals surface area (Å²) in [6.45, 7) is 6.06. The molecule has 0 aliphatic heterocycles. The molecule has 0 saturated carbocycles. The molecule has 1 aromatic heterocycles. The van der Waals surface area contributed by atoms with Crippen molar-refractivity contribution >= 4 is 26.9 Å². The van der Waals surface area contributed by atoms with E-state index in [4.69, 9.17) is 10.2 Å². The fraction of sp³-hybridized carbons (Fsp3) is 0.333. The Labute approximate surface area is 97.6 Å². The number of aryl methyl sites for hydroxylation is 2. The molecule has 15 heavy (non-hydrogen) atoms. The van der Waals surface area contributed by atoms with Gasteiger partial charge < -0.3 is 10.2 Å². The van der Waals surface area contributed by atoms with E-state index in [2.05, 4.69) is 41.9 Å². The van der Waals surface area contributed by atoms with E-state index in [0.29, 0.717) is 0 Å². The van der Waals surface area contributed by atoms with Gasteiger partial charge in [-0.15, -0.1) is 0 Å². The Hall–Kier alpha value is -0.800. The molecule has 1 atom stereocenters. The highest BCUT2D eigenvalue weighted by Gasteiger charge is 2.15. The van der Waals surface area contributed by atoms with Gasteiger partial charge in [-0.3, -0.25) is 0 Å². The third-order valence-corrected chi connectivity index (χ3v) is 3.18. The van der Waals surface area contributed by atoms with Crippen LogP contribution in [0, 0.1) is 13.8 Å². The van der Waals surface area contributed by atoms with Gasteiger partial charge in [0, 0.05) is 10.9 Å². The summed E-state index contributed by atoms with van der Waals surface area (Å²) in [4.78, 5) is 0. The molecule has 2 aromatic rings. The topological polar surface area (TPSA) is 39.2 Å². The average molecular weight is 268 g/mol. The smallest absolute Gasteiger partial charge is 0.148 e. The van der Waals surface area contributed by atoms with Crippen LogP contribution in [0.4, 0.5) is 0 Å². The lowest BCUT2D eigenvalue weighted by molar-refractivity contribution is 0.508. The Morgan fingerprint density at radius 1 is 1.33 bits per heavy atom. The SMILES string of the molecule is Cc1cc(Br)c2oc(C(C)N)c(C)c2c1. The molecule has 2 rings (SSSR count). The van der Waals surface area contributed by atoms with Gasteiger partial charge in [0.25, 0.3) is 0 Å². The van der Waals surface area contributed by atoms with Gasteiger partial charge in [-0.1, -0.05) is 0 Å². The number of benzene rings is 1. The second-order valence-corrected chi connectivity index (χ2v) is 4.86. The first-order valence-electron chi connectivity index (χ1n) is 4.95. The van der Waals surface area contributed by atoms with Crippen molar-refractivity contribution < 1.29 is 4.42 Å². The van der Waals surface area contributed by atoms with Crippen LogP contribution in [0.1, 0.15) is 29.9 Å². The molecule has 2 N–H and O–H groups in total. The molecule has 3 heteroatoms. The Bertz CT molecular complexity index is 514. The Kier molecular flexibility index (Phi) is 2.61. The third kappa shape index (κ3) is 1.70. The molecule has 0 aliphatic carbocycles. The number of rotatable bonds is 1. The Morgan fingerprint density at radius 3 is 2.60 bits per heavy atom. The zero-order valence-corrected chi connectivity index (χ0v) is 10.7. The first kappa shape index (κ1) is 10.7. The van der Waals surface area contributed by atoms with Crippen molar-refractivity contribution in [3.05, 3.63) is 33.5 Å². The van der Waals surface area contributed by atoms with Crippen LogP contribution in [0.2, 0.25) is 0 Å².